The molecule has 17 nitrogen and oxygen atoms in total. The monoisotopic (exact) mass is 927 g/mol. The van der Waals surface area contributed by atoms with Crippen LogP contribution in [0.3, 0.4) is 0 Å². The lowest BCUT2D eigenvalue weighted by Crippen LogP contribution is -2.68. The molecule has 3 heterocycles. The lowest BCUT2D eigenvalue weighted by molar-refractivity contribution is -0.395. The molecule has 5 aliphatic carbocycles. The van der Waals surface area contributed by atoms with Crippen molar-refractivity contribution < 1.29 is 84.3 Å². The molecule has 372 valence electrons. The first-order valence-corrected chi connectivity index (χ1v) is 24.1. The fraction of sp³-hybridized carbons (Fsp3) is 0.938. The number of fused-ring (bicyclic) bond motifs is 7. The molecule has 0 amide bonds. The molecule has 0 aromatic carbocycles. The van der Waals surface area contributed by atoms with E-state index in [0.29, 0.717) is 18.3 Å². The highest BCUT2D eigenvalue weighted by Gasteiger charge is 2.69. The number of aliphatic hydroxyl groups is 9. The molecular weight excluding hydrogens is 849 g/mol. The van der Waals surface area contributed by atoms with Crippen LogP contribution >= 0.6 is 0 Å². The number of ether oxygens (including phenoxy) is 6. The lowest BCUT2D eigenvalue weighted by atomic mass is 9.33. The van der Waals surface area contributed by atoms with Crippen LogP contribution in [0.25, 0.3) is 0 Å². The van der Waals surface area contributed by atoms with Gasteiger partial charge in [0.2, 0.25) is 0 Å². The van der Waals surface area contributed by atoms with Crippen molar-refractivity contribution in [2.45, 2.75) is 224 Å². The van der Waals surface area contributed by atoms with E-state index in [0.717, 1.165) is 51.4 Å². The Morgan fingerprint density at radius 1 is 0.662 bits per heavy atom. The first-order valence-electron chi connectivity index (χ1n) is 24.1. The smallest absolute Gasteiger partial charge is 0.335 e. The zero-order chi connectivity index (χ0) is 47.7. The van der Waals surface area contributed by atoms with E-state index in [-0.39, 0.29) is 39.1 Å². The summed E-state index contributed by atoms with van der Waals surface area (Å²) in [5.41, 5.74) is 0.763. The number of aliphatic carboxylic acids is 1. The first-order chi connectivity index (χ1) is 30.2. The number of rotatable bonds is 8. The Labute approximate surface area is 382 Å². The Bertz CT molecular complexity index is 1790. The molecule has 0 aromatic heterocycles. The van der Waals surface area contributed by atoms with Crippen LogP contribution in [0.1, 0.15) is 120 Å². The van der Waals surface area contributed by atoms with E-state index >= 15 is 0 Å². The molecule has 3 saturated heterocycles. The summed E-state index contributed by atoms with van der Waals surface area (Å²) in [7, 11) is 0. The minimum Gasteiger partial charge on any atom is -0.479 e. The molecule has 0 unspecified atom stereocenters. The summed E-state index contributed by atoms with van der Waals surface area (Å²) in [5, 5.41) is 108. The second-order valence-corrected chi connectivity index (χ2v) is 23.8. The Kier molecular flexibility index (Phi) is 13.2. The Morgan fingerprint density at radius 3 is 1.94 bits per heavy atom. The highest BCUT2D eigenvalue weighted by atomic mass is 16.8. The van der Waals surface area contributed by atoms with E-state index in [2.05, 4.69) is 61.5 Å². The van der Waals surface area contributed by atoms with Crippen molar-refractivity contribution >= 4 is 5.97 Å². The zero-order valence-corrected chi connectivity index (χ0v) is 39.5. The third-order valence-corrected chi connectivity index (χ3v) is 19.4. The van der Waals surface area contributed by atoms with Gasteiger partial charge in [0.25, 0.3) is 0 Å². The maximum atomic E-state index is 12.5. The molecule has 0 spiro atoms. The van der Waals surface area contributed by atoms with Crippen LogP contribution in [-0.4, -0.2) is 168 Å². The van der Waals surface area contributed by atoms with Gasteiger partial charge in [-0.15, -0.1) is 0 Å². The molecule has 17 heteroatoms. The lowest BCUT2D eigenvalue weighted by Gasteiger charge is -2.71. The van der Waals surface area contributed by atoms with E-state index < -0.39 is 116 Å². The third kappa shape index (κ3) is 7.81. The number of allylic oxidation sites excluding steroid dienone is 2. The minimum absolute atomic E-state index is 0.00181. The van der Waals surface area contributed by atoms with Gasteiger partial charge >= 0.3 is 5.97 Å². The highest BCUT2D eigenvalue weighted by Crippen LogP contribution is 2.76. The van der Waals surface area contributed by atoms with E-state index in [1.54, 1.807) is 5.57 Å². The van der Waals surface area contributed by atoms with E-state index in [1.165, 1.54) is 6.92 Å². The predicted molar refractivity (Wildman–Crippen MR) is 229 cm³/mol. The Balaban J connectivity index is 1.06. The fourth-order valence-corrected chi connectivity index (χ4v) is 15.1. The number of carboxylic acids is 1. The second kappa shape index (κ2) is 17.2. The molecule has 3 aliphatic heterocycles. The molecule has 4 saturated carbocycles. The van der Waals surface area contributed by atoms with E-state index in [1.807, 2.05) is 0 Å². The van der Waals surface area contributed by atoms with Gasteiger partial charge < -0.3 is 79.5 Å². The molecule has 8 aliphatic rings. The van der Waals surface area contributed by atoms with Crippen LogP contribution in [0.4, 0.5) is 0 Å². The standard InChI is InChI=1S/C48H78O17/c1-21-29(51)31(53)35(57)40(60-21)64-37-32(54)30(52)24(20-49)61-41(37)65-38-34(56)33(55)36(39(58)59)63-42(38)62-28-13-14-46(7)25(44(28,4)5)12-15-48(9)26(46)11-10-22-23-18-43(2,3)19-27(50)45(23,6)16-17-47(22,48)8/h10,21,23-38,40-42,49-57H,11-20H2,1-9H3,(H,58,59)/t21-,23+,24-,25-,26-,27+,28+,29+,30+,31-,32+,33-,34-,35-,36-,37-,38+,40+,41-,42+,45-,46+,47-,48-/m1/s1. The summed E-state index contributed by atoms with van der Waals surface area (Å²) in [6.45, 7) is 19.3. The summed E-state index contributed by atoms with van der Waals surface area (Å²) in [6.07, 6.45) is -15.9. The van der Waals surface area contributed by atoms with Crippen LogP contribution in [0.5, 0.6) is 0 Å². The summed E-state index contributed by atoms with van der Waals surface area (Å²) in [4.78, 5) is 12.5. The average molecular weight is 927 g/mol. The molecule has 7 fully saturated rings. The van der Waals surface area contributed by atoms with Crippen molar-refractivity contribution in [2.24, 2.45) is 50.2 Å². The minimum atomic E-state index is -2.02. The quantitative estimate of drug-likeness (QED) is 0.123. The van der Waals surface area contributed by atoms with Gasteiger partial charge in [0, 0.05) is 5.41 Å². The SMILES string of the molecule is C[C@H]1O[C@@H](O[C@H]2[C@@H](O[C@@H]3[C@@H](O[C@H]4CC[C@@]5(C)[C@H](CC[C@]6(C)[C@@H]5CC=C5[C@@H]7CC(C)(C)C[C@H](O)[C@]7(C)CC[C@]56C)C4(C)C)O[C@@H](C(=O)O)[C@H](O)[C@H]3O)O[C@H](CO)[C@H](O)[C@@H]2O)[C@H](O)[C@H](O)[C@H]1O. The molecular formula is C48H78O17. The van der Waals surface area contributed by atoms with Crippen LogP contribution in [0.2, 0.25) is 0 Å². The molecule has 0 aromatic rings. The predicted octanol–water partition coefficient (Wildman–Crippen LogP) is 1.73. The van der Waals surface area contributed by atoms with Gasteiger partial charge in [0.05, 0.1) is 24.9 Å². The normalized spacial score (nSPS) is 55.1. The Morgan fingerprint density at radius 2 is 1.29 bits per heavy atom. The summed E-state index contributed by atoms with van der Waals surface area (Å²) >= 11 is 0. The highest BCUT2D eigenvalue weighted by molar-refractivity contribution is 5.73. The molecule has 65 heavy (non-hydrogen) atoms. The zero-order valence-electron chi connectivity index (χ0n) is 39.5. The number of hydrogen-bond donors (Lipinski definition) is 10. The van der Waals surface area contributed by atoms with Crippen LogP contribution in [0, 0.1) is 50.2 Å². The molecule has 0 bridgehead atoms. The fourth-order valence-electron chi connectivity index (χ4n) is 15.1. The van der Waals surface area contributed by atoms with E-state index in [9.17, 15) is 55.9 Å². The van der Waals surface area contributed by atoms with Crippen molar-refractivity contribution in [3.05, 3.63) is 11.6 Å². The summed E-state index contributed by atoms with van der Waals surface area (Å²) in [6, 6.07) is 0. The number of carboxylic acid groups (broad SMARTS) is 1. The molecule has 0 radical (unpaired) electrons. The molecule has 24 atom stereocenters. The van der Waals surface area contributed by atoms with Gasteiger partial charge in [-0.05, 0) is 110 Å². The van der Waals surface area contributed by atoms with Crippen molar-refractivity contribution in [2.75, 3.05) is 6.61 Å². The maximum absolute atomic E-state index is 12.5. The number of carbonyl (C=O) groups is 1. The van der Waals surface area contributed by atoms with Gasteiger partial charge in [-0.1, -0.05) is 67.0 Å². The van der Waals surface area contributed by atoms with Gasteiger partial charge in [-0.25, -0.2) is 4.79 Å². The van der Waals surface area contributed by atoms with Crippen molar-refractivity contribution in [1.82, 2.24) is 0 Å². The molecule has 8 rings (SSSR count). The largest absolute Gasteiger partial charge is 0.479 e. The van der Waals surface area contributed by atoms with Crippen LogP contribution in [-0.2, 0) is 33.2 Å². The topological polar surface area (TPSA) is 275 Å². The van der Waals surface area contributed by atoms with E-state index in [4.69, 9.17) is 28.4 Å². The number of hydrogen-bond acceptors (Lipinski definition) is 16. The van der Waals surface area contributed by atoms with Gasteiger partial charge in [-0.2, -0.15) is 0 Å². The van der Waals surface area contributed by atoms with Crippen LogP contribution in [0.15, 0.2) is 11.6 Å². The van der Waals surface area contributed by atoms with Crippen molar-refractivity contribution in [3.63, 3.8) is 0 Å². The summed E-state index contributed by atoms with van der Waals surface area (Å²) < 4.78 is 36.4. The Hall–Kier alpha value is -1.39. The molecule has 10 N–H and O–H groups in total. The van der Waals surface area contributed by atoms with Gasteiger partial charge in [0.1, 0.15) is 61.0 Å². The van der Waals surface area contributed by atoms with Crippen molar-refractivity contribution in [3.8, 4) is 0 Å². The maximum Gasteiger partial charge on any atom is 0.335 e. The van der Waals surface area contributed by atoms with Crippen molar-refractivity contribution in [1.29, 1.82) is 0 Å². The summed E-state index contributed by atoms with van der Waals surface area (Å²) in [5.74, 6) is -0.724. The second-order valence-electron chi connectivity index (χ2n) is 23.8. The average Bonchev–Trinajstić information content (AvgIpc) is 3.22. The number of aliphatic hydroxyl groups excluding tert-OH is 9. The van der Waals surface area contributed by atoms with Gasteiger partial charge in [-0.3, -0.25) is 0 Å². The van der Waals surface area contributed by atoms with Crippen LogP contribution < -0.4 is 0 Å². The first kappa shape index (κ1) is 50.0. The third-order valence-electron chi connectivity index (χ3n) is 19.4. The van der Waals surface area contributed by atoms with Gasteiger partial charge in [0.15, 0.2) is 25.0 Å².